The molecule has 60 valence electrons. The van der Waals surface area contributed by atoms with Gasteiger partial charge in [0.25, 0.3) is 5.56 Å². The first kappa shape index (κ1) is 7.94. The maximum atomic E-state index is 10.7. The number of nitrogens with zero attached hydrogens (tertiary/aromatic N) is 1. The SMILES string of the molecule is CC(N)Cc1cc(=O)[nH]cn1. The summed E-state index contributed by atoms with van der Waals surface area (Å²) in [5, 5.41) is 0. The fourth-order valence-corrected chi connectivity index (χ4v) is 0.851. The molecule has 0 amide bonds. The van der Waals surface area contributed by atoms with Crippen LogP contribution in [0.1, 0.15) is 12.6 Å². The predicted octanol–water partition coefficient (Wildman–Crippen LogP) is -0.340. The Labute approximate surface area is 64.5 Å². The van der Waals surface area contributed by atoms with E-state index in [4.69, 9.17) is 5.73 Å². The van der Waals surface area contributed by atoms with Crippen LogP contribution in [0.5, 0.6) is 0 Å². The number of nitrogens with two attached hydrogens (primary N) is 1. The van der Waals surface area contributed by atoms with Gasteiger partial charge in [0.05, 0.1) is 6.33 Å². The first-order valence-corrected chi connectivity index (χ1v) is 3.47. The average Bonchev–Trinajstić information content (AvgIpc) is 1.85. The number of hydrogen-bond acceptors (Lipinski definition) is 3. The lowest BCUT2D eigenvalue weighted by atomic mass is 10.2. The van der Waals surface area contributed by atoms with Crippen molar-refractivity contribution in [3.05, 3.63) is 28.4 Å². The van der Waals surface area contributed by atoms with E-state index in [-0.39, 0.29) is 11.6 Å². The molecule has 0 aliphatic rings. The van der Waals surface area contributed by atoms with Crippen molar-refractivity contribution in [2.75, 3.05) is 0 Å². The summed E-state index contributed by atoms with van der Waals surface area (Å²) in [6.07, 6.45) is 2.03. The van der Waals surface area contributed by atoms with Gasteiger partial charge in [-0.25, -0.2) is 4.98 Å². The Hall–Kier alpha value is -1.16. The van der Waals surface area contributed by atoms with Crippen molar-refractivity contribution < 1.29 is 0 Å². The summed E-state index contributed by atoms with van der Waals surface area (Å²) in [6, 6.07) is 1.51. The second-order valence-corrected chi connectivity index (χ2v) is 2.58. The average molecular weight is 153 g/mol. The topological polar surface area (TPSA) is 71.8 Å². The minimum Gasteiger partial charge on any atom is -0.328 e. The minimum atomic E-state index is -0.129. The molecule has 0 aromatic carbocycles. The Morgan fingerprint density at radius 1 is 1.82 bits per heavy atom. The quantitative estimate of drug-likeness (QED) is 0.610. The van der Waals surface area contributed by atoms with Crippen LogP contribution in [0.2, 0.25) is 0 Å². The van der Waals surface area contributed by atoms with E-state index in [0.29, 0.717) is 6.42 Å². The van der Waals surface area contributed by atoms with Crippen molar-refractivity contribution in [2.45, 2.75) is 19.4 Å². The molecule has 0 aliphatic carbocycles. The Kier molecular flexibility index (Phi) is 2.38. The second kappa shape index (κ2) is 3.30. The lowest BCUT2D eigenvalue weighted by Gasteiger charge is -2.01. The highest BCUT2D eigenvalue weighted by Crippen LogP contribution is 1.91. The lowest BCUT2D eigenvalue weighted by Crippen LogP contribution is -2.20. The molecule has 1 rings (SSSR count). The summed E-state index contributed by atoms with van der Waals surface area (Å²) in [7, 11) is 0. The van der Waals surface area contributed by atoms with Crippen LogP contribution in [0, 0.1) is 0 Å². The van der Waals surface area contributed by atoms with E-state index in [1.54, 1.807) is 0 Å². The molecule has 0 radical (unpaired) electrons. The first-order valence-electron chi connectivity index (χ1n) is 3.47. The van der Waals surface area contributed by atoms with Crippen molar-refractivity contribution in [2.24, 2.45) is 5.73 Å². The second-order valence-electron chi connectivity index (χ2n) is 2.58. The van der Waals surface area contributed by atoms with Gasteiger partial charge >= 0.3 is 0 Å². The molecular formula is C7H11N3O. The number of nitrogens with one attached hydrogen (secondary N) is 1. The molecule has 0 saturated carbocycles. The van der Waals surface area contributed by atoms with Crippen molar-refractivity contribution in [3.8, 4) is 0 Å². The van der Waals surface area contributed by atoms with Crippen LogP contribution in [0.4, 0.5) is 0 Å². The lowest BCUT2D eigenvalue weighted by molar-refractivity contribution is 0.718. The molecule has 4 nitrogen and oxygen atoms in total. The molecule has 3 N–H and O–H groups in total. The molecule has 1 atom stereocenters. The largest absolute Gasteiger partial charge is 0.328 e. The first-order chi connectivity index (χ1) is 5.18. The van der Waals surface area contributed by atoms with Gasteiger partial charge in [0, 0.05) is 24.2 Å². The summed E-state index contributed by atoms with van der Waals surface area (Å²) in [6.45, 7) is 1.88. The third kappa shape index (κ3) is 2.51. The van der Waals surface area contributed by atoms with Crippen molar-refractivity contribution in [1.29, 1.82) is 0 Å². The zero-order valence-electron chi connectivity index (χ0n) is 6.37. The van der Waals surface area contributed by atoms with E-state index < -0.39 is 0 Å². The molecule has 1 unspecified atom stereocenters. The Balaban J connectivity index is 2.80. The third-order valence-electron chi connectivity index (χ3n) is 1.27. The van der Waals surface area contributed by atoms with Crippen LogP contribution in [-0.2, 0) is 6.42 Å². The van der Waals surface area contributed by atoms with Crippen LogP contribution >= 0.6 is 0 Å². The van der Waals surface area contributed by atoms with Gasteiger partial charge < -0.3 is 10.7 Å². The van der Waals surface area contributed by atoms with Crippen LogP contribution in [0.3, 0.4) is 0 Å². The number of hydrogen-bond donors (Lipinski definition) is 2. The van der Waals surface area contributed by atoms with Crippen LogP contribution in [0.15, 0.2) is 17.2 Å². The number of rotatable bonds is 2. The Morgan fingerprint density at radius 2 is 2.55 bits per heavy atom. The summed E-state index contributed by atoms with van der Waals surface area (Å²) in [5.41, 5.74) is 6.13. The van der Waals surface area contributed by atoms with Crippen LogP contribution in [-0.4, -0.2) is 16.0 Å². The van der Waals surface area contributed by atoms with E-state index in [1.807, 2.05) is 6.92 Å². The highest BCUT2D eigenvalue weighted by atomic mass is 16.1. The molecule has 0 saturated heterocycles. The van der Waals surface area contributed by atoms with Gasteiger partial charge in [0.15, 0.2) is 0 Å². The van der Waals surface area contributed by atoms with Gasteiger partial charge in [-0.05, 0) is 6.92 Å². The molecule has 1 heterocycles. The normalized spacial score (nSPS) is 12.9. The van der Waals surface area contributed by atoms with Gasteiger partial charge in [-0.15, -0.1) is 0 Å². The molecule has 1 aromatic heterocycles. The smallest absolute Gasteiger partial charge is 0.250 e. The molecule has 1 aromatic rings. The van der Waals surface area contributed by atoms with Gasteiger partial charge in [-0.3, -0.25) is 4.79 Å². The Bertz CT molecular complexity index is 279. The molecule has 4 heteroatoms. The minimum absolute atomic E-state index is 0.0456. The fourth-order valence-electron chi connectivity index (χ4n) is 0.851. The molecular weight excluding hydrogens is 142 g/mol. The van der Waals surface area contributed by atoms with Crippen molar-refractivity contribution >= 4 is 0 Å². The number of H-pyrrole nitrogens is 1. The number of aromatic nitrogens is 2. The summed E-state index contributed by atoms with van der Waals surface area (Å²) in [5.74, 6) is 0. The maximum Gasteiger partial charge on any atom is 0.250 e. The van der Waals surface area contributed by atoms with Gasteiger partial charge in [0.1, 0.15) is 0 Å². The highest BCUT2D eigenvalue weighted by molar-refractivity contribution is 4.99. The highest BCUT2D eigenvalue weighted by Gasteiger charge is 1.98. The molecule has 11 heavy (non-hydrogen) atoms. The predicted molar refractivity (Wildman–Crippen MR) is 42.2 cm³/mol. The van der Waals surface area contributed by atoms with Crippen LogP contribution in [0.25, 0.3) is 0 Å². The van der Waals surface area contributed by atoms with Crippen LogP contribution < -0.4 is 11.3 Å². The summed E-state index contributed by atoms with van der Waals surface area (Å²) >= 11 is 0. The molecule has 0 bridgehead atoms. The van der Waals surface area contributed by atoms with Gasteiger partial charge in [-0.1, -0.05) is 0 Å². The van der Waals surface area contributed by atoms with Gasteiger partial charge in [-0.2, -0.15) is 0 Å². The molecule has 0 aliphatic heterocycles. The number of aromatic amines is 1. The van der Waals surface area contributed by atoms with E-state index in [0.717, 1.165) is 5.69 Å². The third-order valence-corrected chi connectivity index (χ3v) is 1.27. The standard InChI is InChI=1S/C7H11N3O/c1-5(8)2-6-3-7(11)10-4-9-6/h3-5H,2,8H2,1H3,(H,9,10,11). The Morgan fingerprint density at radius 3 is 3.09 bits per heavy atom. The van der Waals surface area contributed by atoms with E-state index in [2.05, 4.69) is 9.97 Å². The zero-order valence-corrected chi connectivity index (χ0v) is 6.37. The summed E-state index contributed by atoms with van der Waals surface area (Å²) < 4.78 is 0. The van der Waals surface area contributed by atoms with Crippen molar-refractivity contribution in [3.63, 3.8) is 0 Å². The van der Waals surface area contributed by atoms with E-state index in [1.165, 1.54) is 12.4 Å². The van der Waals surface area contributed by atoms with E-state index >= 15 is 0 Å². The maximum absolute atomic E-state index is 10.7. The monoisotopic (exact) mass is 153 g/mol. The summed E-state index contributed by atoms with van der Waals surface area (Å²) in [4.78, 5) is 17.1. The molecule has 0 fully saturated rings. The van der Waals surface area contributed by atoms with Gasteiger partial charge in [0.2, 0.25) is 0 Å². The fraction of sp³-hybridized carbons (Fsp3) is 0.429. The molecule has 0 spiro atoms. The van der Waals surface area contributed by atoms with E-state index in [9.17, 15) is 4.79 Å². The van der Waals surface area contributed by atoms with Crippen molar-refractivity contribution in [1.82, 2.24) is 9.97 Å². The zero-order chi connectivity index (χ0) is 8.27.